The molecule has 2 heterocycles. The third-order valence-corrected chi connectivity index (χ3v) is 5.10. The maximum absolute atomic E-state index is 12.6. The Kier molecular flexibility index (Phi) is 4.12. The Morgan fingerprint density at radius 3 is 2.71 bits per heavy atom. The van der Waals surface area contributed by atoms with Crippen molar-refractivity contribution in [1.29, 1.82) is 0 Å². The number of hydrogen-bond acceptors (Lipinski definition) is 4. The van der Waals surface area contributed by atoms with E-state index in [0.717, 1.165) is 39.2 Å². The van der Waals surface area contributed by atoms with Crippen molar-refractivity contribution < 1.29 is 4.79 Å². The van der Waals surface area contributed by atoms with Crippen molar-refractivity contribution in [1.82, 2.24) is 9.88 Å². The lowest BCUT2D eigenvalue weighted by Gasteiger charge is -2.17. The second kappa shape index (κ2) is 6.03. The van der Waals surface area contributed by atoms with Gasteiger partial charge in [0.05, 0.1) is 15.7 Å². The summed E-state index contributed by atoms with van der Waals surface area (Å²) < 4.78 is 0. The summed E-state index contributed by atoms with van der Waals surface area (Å²) in [6, 6.07) is 7.74. The third-order valence-electron chi connectivity index (χ3n) is 3.28. The number of carbonyl (C=O) groups excluding carboxylic acids is 1. The molecule has 108 valence electrons. The van der Waals surface area contributed by atoms with Crippen molar-refractivity contribution in [2.75, 3.05) is 12.3 Å². The molecule has 0 saturated carbocycles. The van der Waals surface area contributed by atoms with E-state index in [-0.39, 0.29) is 5.91 Å². The number of aryl methyl sites for hydroxylation is 2. The van der Waals surface area contributed by atoms with Gasteiger partial charge in [0.2, 0.25) is 0 Å². The molecule has 1 aromatic carbocycles. The molecule has 0 spiro atoms. The number of thioether (sulfide) groups is 1. The van der Waals surface area contributed by atoms with Crippen LogP contribution in [-0.2, 0) is 0 Å². The van der Waals surface area contributed by atoms with E-state index in [0.29, 0.717) is 0 Å². The van der Waals surface area contributed by atoms with Crippen molar-refractivity contribution in [3.05, 3.63) is 56.5 Å². The highest BCUT2D eigenvalue weighted by atomic mass is 32.2. The Bertz CT molecular complexity index is 689. The highest BCUT2D eigenvalue weighted by molar-refractivity contribution is 8.03. The molecule has 3 nitrogen and oxygen atoms in total. The molecule has 2 aromatic rings. The summed E-state index contributed by atoms with van der Waals surface area (Å²) in [6.45, 7) is 4.77. The molecule has 1 fully saturated rings. The van der Waals surface area contributed by atoms with Crippen molar-refractivity contribution >= 4 is 35.1 Å². The van der Waals surface area contributed by atoms with Crippen LogP contribution in [0.2, 0.25) is 0 Å². The highest BCUT2D eigenvalue weighted by Gasteiger charge is 2.25. The smallest absolute Gasteiger partial charge is 0.258 e. The molecule has 1 aliphatic heterocycles. The van der Waals surface area contributed by atoms with E-state index in [1.165, 1.54) is 0 Å². The Hall–Kier alpha value is -1.59. The number of aromatic nitrogens is 1. The maximum atomic E-state index is 12.6. The van der Waals surface area contributed by atoms with E-state index in [1.807, 2.05) is 54.5 Å². The molecule has 0 aliphatic carbocycles. The molecule has 5 heteroatoms. The van der Waals surface area contributed by atoms with Crippen LogP contribution in [0.25, 0.3) is 6.08 Å². The van der Waals surface area contributed by atoms with Gasteiger partial charge >= 0.3 is 0 Å². The van der Waals surface area contributed by atoms with Gasteiger partial charge in [-0.15, -0.1) is 23.1 Å². The summed E-state index contributed by atoms with van der Waals surface area (Å²) in [5, 5.41) is 4.06. The molecular weight excluding hydrogens is 300 g/mol. The standard InChI is InChI=1S/C16H16N2OS2/c1-11-3-5-13(6-4-11)16(19)18-7-8-20-15(18)9-14-10-21-12(2)17-14/h3-6,9-10H,7-8H2,1-2H3/b15-9+. The number of benzene rings is 1. The van der Waals surface area contributed by atoms with Crippen LogP contribution >= 0.6 is 23.1 Å². The number of nitrogens with zero attached hydrogens (tertiary/aromatic N) is 2. The fourth-order valence-corrected chi connectivity index (χ4v) is 3.76. The van der Waals surface area contributed by atoms with Gasteiger partial charge in [0.1, 0.15) is 0 Å². The van der Waals surface area contributed by atoms with Crippen LogP contribution in [0.4, 0.5) is 0 Å². The Morgan fingerprint density at radius 2 is 2.05 bits per heavy atom. The summed E-state index contributed by atoms with van der Waals surface area (Å²) in [5.74, 6) is 1.00. The molecule has 0 atom stereocenters. The predicted octanol–water partition coefficient (Wildman–Crippen LogP) is 3.95. The van der Waals surface area contributed by atoms with Gasteiger partial charge in [0.15, 0.2) is 0 Å². The van der Waals surface area contributed by atoms with Crippen molar-refractivity contribution in [3.8, 4) is 0 Å². The van der Waals surface area contributed by atoms with Gasteiger partial charge in [-0.1, -0.05) is 17.7 Å². The molecule has 1 saturated heterocycles. The first-order chi connectivity index (χ1) is 10.1. The van der Waals surface area contributed by atoms with E-state index in [1.54, 1.807) is 23.1 Å². The van der Waals surface area contributed by atoms with Crippen molar-refractivity contribution in [3.63, 3.8) is 0 Å². The van der Waals surface area contributed by atoms with Crippen molar-refractivity contribution in [2.45, 2.75) is 13.8 Å². The lowest BCUT2D eigenvalue weighted by atomic mass is 10.1. The van der Waals surface area contributed by atoms with Crippen molar-refractivity contribution in [2.24, 2.45) is 0 Å². The number of rotatable bonds is 2. The van der Waals surface area contributed by atoms with Crippen LogP contribution < -0.4 is 0 Å². The normalized spacial score (nSPS) is 16.7. The van der Waals surface area contributed by atoms with Crippen LogP contribution in [0.15, 0.2) is 34.7 Å². The Balaban J connectivity index is 1.85. The van der Waals surface area contributed by atoms with Gasteiger partial charge in [-0.2, -0.15) is 0 Å². The van der Waals surface area contributed by atoms with Crippen LogP contribution in [0.5, 0.6) is 0 Å². The molecular formula is C16H16N2OS2. The minimum absolute atomic E-state index is 0.0678. The summed E-state index contributed by atoms with van der Waals surface area (Å²) in [5.41, 5.74) is 2.84. The lowest BCUT2D eigenvalue weighted by molar-refractivity contribution is 0.0831. The van der Waals surface area contributed by atoms with Crippen LogP contribution in [0.3, 0.4) is 0 Å². The minimum atomic E-state index is 0.0678. The first-order valence-corrected chi connectivity index (χ1v) is 8.65. The fourth-order valence-electron chi connectivity index (χ4n) is 2.18. The average Bonchev–Trinajstić information content (AvgIpc) is 3.09. The number of hydrogen-bond donors (Lipinski definition) is 0. The predicted molar refractivity (Wildman–Crippen MR) is 89.5 cm³/mol. The first-order valence-electron chi connectivity index (χ1n) is 6.78. The molecule has 0 unspecified atom stereocenters. The lowest BCUT2D eigenvalue weighted by Crippen LogP contribution is -2.26. The van der Waals surface area contributed by atoms with Gasteiger partial charge in [-0.3, -0.25) is 4.79 Å². The topological polar surface area (TPSA) is 33.2 Å². The minimum Gasteiger partial charge on any atom is -0.302 e. The zero-order valence-electron chi connectivity index (χ0n) is 12.0. The number of thiazole rings is 1. The van der Waals surface area contributed by atoms with E-state index >= 15 is 0 Å². The Labute approximate surface area is 132 Å². The van der Waals surface area contributed by atoms with Gasteiger partial charge in [-0.05, 0) is 32.1 Å². The zero-order chi connectivity index (χ0) is 14.8. The third kappa shape index (κ3) is 3.19. The maximum Gasteiger partial charge on any atom is 0.258 e. The van der Waals surface area contributed by atoms with Crippen LogP contribution in [0, 0.1) is 13.8 Å². The number of amides is 1. The molecule has 1 amide bonds. The molecule has 0 radical (unpaired) electrons. The molecule has 0 bridgehead atoms. The first kappa shape index (κ1) is 14.4. The zero-order valence-corrected chi connectivity index (χ0v) is 13.6. The highest BCUT2D eigenvalue weighted by Crippen LogP contribution is 2.31. The van der Waals surface area contributed by atoms with Crippen LogP contribution in [-0.4, -0.2) is 28.1 Å². The van der Waals surface area contributed by atoms with Crippen LogP contribution in [0.1, 0.15) is 26.6 Å². The molecule has 0 N–H and O–H groups in total. The fraction of sp³-hybridized carbons (Fsp3) is 0.250. The van der Waals surface area contributed by atoms with Gasteiger partial charge < -0.3 is 4.90 Å². The van der Waals surface area contributed by atoms with Gasteiger partial charge in [-0.25, -0.2) is 4.98 Å². The summed E-state index contributed by atoms with van der Waals surface area (Å²) in [4.78, 5) is 18.9. The van der Waals surface area contributed by atoms with E-state index in [4.69, 9.17) is 0 Å². The molecule has 3 rings (SSSR count). The summed E-state index contributed by atoms with van der Waals surface area (Å²) in [6.07, 6.45) is 2.01. The summed E-state index contributed by atoms with van der Waals surface area (Å²) in [7, 11) is 0. The second-order valence-electron chi connectivity index (χ2n) is 4.95. The molecule has 1 aromatic heterocycles. The SMILES string of the molecule is Cc1ccc(C(=O)N2CCS/C2=C/c2csc(C)n2)cc1. The monoisotopic (exact) mass is 316 g/mol. The molecule has 1 aliphatic rings. The largest absolute Gasteiger partial charge is 0.302 e. The summed E-state index contributed by atoms with van der Waals surface area (Å²) >= 11 is 3.34. The van der Waals surface area contributed by atoms with Gasteiger partial charge in [0, 0.05) is 23.2 Å². The Morgan fingerprint density at radius 1 is 1.29 bits per heavy atom. The van der Waals surface area contributed by atoms with E-state index in [2.05, 4.69) is 4.98 Å². The molecule has 21 heavy (non-hydrogen) atoms. The number of carbonyl (C=O) groups is 1. The van der Waals surface area contributed by atoms with E-state index in [9.17, 15) is 4.79 Å². The van der Waals surface area contributed by atoms with E-state index < -0.39 is 0 Å². The second-order valence-corrected chi connectivity index (χ2v) is 7.12. The average molecular weight is 316 g/mol. The van der Waals surface area contributed by atoms with Gasteiger partial charge in [0.25, 0.3) is 5.91 Å². The quantitative estimate of drug-likeness (QED) is 0.841.